The van der Waals surface area contributed by atoms with E-state index in [-0.39, 0.29) is 6.10 Å². The van der Waals surface area contributed by atoms with Gasteiger partial charge in [0.05, 0.1) is 6.10 Å². The normalized spacial score (nSPS) is 16.8. The van der Waals surface area contributed by atoms with E-state index < -0.39 is 0 Å². The first kappa shape index (κ1) is 13.7. The summed E-state index contributed by atoms with van der Waals surface area (Å²) in [4.78, 5) is 0. The third kappa shape index (κ3) is 4.64. The average Bonchev–Trinajstić information content (AvgIpc) is 2.16. The Morgan fingerprint density at radius 1 is 1.31 bits per heavy atom. The van der Waals surface area contributed by atoms with Gasteiger partial charge in [-0.25, -0.2) is 0 Å². The van der Waals surface area contributed by atoms with Crippen molar-refractivity contribution in [3.05, 3.63) is 34.3 Å². The highest BCUT2D eigenvalue weighted by molar-refractivity contribution is 9.10. The van der Waals surface area contributed by atoms with Crippen LogP contribution in [0.3, 0.4) is 0 Å². The molecular formula is C13H20BrNO. The Labute approximate surface area is 106 Å². The highest BCUT2D eigenvalue weighted by atomic mass is 79.9. The Morgan fingerprint density at radius 2 is 2.00 bits per heavy atom. The lowest BCUT2D eigenvalue weighted by Crippen LogP contribution is -2.31. The molecule has 1 aromatic rings. The smallest absolute Gasteiger partial charge is 0.0526 e. The zero-order valence-electron chi connectivity index (χ0n) is 10.1. The maximum atomic E-state index is 9.30. The molecule has 16 heavy (non-hydrogen) atoms. The van der Waals surface area contributed by atoms with Crippen LogP contribution in [0.25, 0.3) is 0 Å². The second-order valence-electron chi connectivity index (χ2n) is 4.43. The van der Waals surface area contributed by atoms with E-state index >= 15 is 0 Å². The van der Waals surface area contributed by atoms with Gasteiger partial charge in [-0.15, -0.1) is 0 Å². The van der Waals surface area contributed by atoms with Crippen LogP contribution in [0.1, 0.15) is 38.8 Å². The second kappa shape index (κ2) is 6.38. The Bertz CT molecular complexity index is 327. The van der Waals surface area contributed by atoms with Crippen molar-refractivity contribution in [2.24, 2.45) is 0 Å². The number of hydrogen-bond acceptors (Lipinski definition) is 2. The summed E-state index contributed by atoms with van der Waals surface area (Å²) in [6, 6.07) is 8.90. The third-order valence-electron chi connectivity index (χ3n) is 2.58. The molecule has 0 amide bonds. The van der Waals surface area contributed by atoms with E-state index in [0.29, 0.717) is 12.1 Å². The lowest BCUT2D eigenvalue weighted by Gasteiger charge is -2.21. The van der Waals surface area contributed by atoms with Crippen molar-refractivity contribution >= 4 is 15.9 Å². The third-order valence-corrected chi connectivity index (χ3v) is 3.07. The van der Waals surface area contributed by atoms with Crippen LogP contribution < -0.4 is 5.32 Å². The molecule has 0 saturated heterocycles. The molecule has 0 radical (unpaired) electrons. The fraction of sp³-hybridized carbons (Fsp3) is 0.538. The first-order valence-corrected chi connectivity index (χ1v) is 6.48. The molecule has 1 rings (SSSR count). The Hall–Kier alpha value is -0.380. The van der Waals surface area contributed by atoms with E-state index in [1.165, 1.54) is 5.56 Å². The minimum atomic E-state index is -0.253. The highest BCUT2D eigenvalue weighted by Gasteiger charge is 2.11. The minimum absolute atomic E-state index is 0.253. The summed E-state index contributed by atoms with van der Waals surface area (Å²) in [5.74, 6) is 0. The van der Waals surface area contributed by atoms with Crippen molar-refractivity contribution < 1.29 is 5.11 Å². The first-order valence-electron chi connectivity index (χ1n) is 5.68. The molecule has 0 fully saturated rings. The highest BCUT2D eigenvalue weighted by Crippen LogP contribution is 2.18. The molecule has 3 atom stereocenters. The summed E-state index contributed by atoms with van der Waals surface area (Å²) in [6.07, 6.45) is 0.524. The zero-order chi connectivity index (χ0) is 12.1. The van der Waals surface area contributed by atoms with Gasteiger partial charge in [-0.2, -0.15) is 0 Å². The van der Waals surface area contributed by atoms with Gasteiger partial charge in [0.2, 0.25) is 0 Å². The maximum Gasteiger partial charge on any atom is 0.0526 e. The first-order chi connectivity index (χ1) is 7.49. The van der Waals surface area contributed by atoms with Gasteiger partial charge in [0.15, 0.2) is 0 Å². The summed E-state index contributed by atoms with van der Waals surface area (Å²) in [5, 5.41) is 12.8. The molecule has 3 heteroatoms. The van der Waals surface area contributed by atoms with E-state index in [2.05, 4.69) is 47.2 Å². The Kier molecular flexibility index (Phi) is 5.46. The van der Waals surface area contributed by atoms with E-state index in [1.54, 1.807) is 0 Å². The van der Waals surface area contributed by atoms with Crippen LogP contribution in [0.4, 0.5) is 0 Å². The fourth-order valence-electron chi connectivity index (χ4n) is 1.88. The predicted molar refractivity (Wildman–Crippen MR) is 71.5 cm³/mol. The van der Waals surface area contributed by atoms with Gasteiger partial charge in [0.25, 0.3) is 0 Å². The maximum absolute atomic E-state index is 9.30. The average molecular weight is 286 g/mol. The summed E-state index contributed by atoms with van der Waals surface area (Å²) in [6.45, 7) is 6.06. The van der Waals surface area contributed by atoms with Crippen molar-refractivity contribution in [1.82, 2.24) is 5.32 Å². The van der Waals surface area contributed by atoms with Gasteiger partial charge in [-0.3, -0.25) is 0 Å². The summed E-state index contributed by atoms with van der Waals surface area (Å²) >= 11 is 3.47. The molecule has 0 spiro atoms. The summed E-state index contributed by atoms with van der Waals surface area (Å²) in [7, 11) is 0. The van der Waals surface area contributed by atoms with Crippen molar-refractivity contribution in [3.63, 3.8) is 0 Å². The van der Waals surface area contributed by atoms with E-state index in [0.717, 1.165) is 10.9 Å². The van der Waals surface area contributed by atoms with Crippen LogP contribution in [0.15, 0.2) is 28.7 Å². The second-order valence-corrected chi connectivity index (χ2v) is 5.34. The SMILES string of the molecule is CC(O)CC(C)NC(C)c1cccc(Br)c1. The molecule has 0 aliphatic heterocycles. The van der Waals surface area contributed by atoms with E-state index in [4.69, 9.17) is 0 Å². The molecule has 90 valence electrons. The molecular weight excluding hydrogens is 266 g/mol. The number of halogens is 1. The monoisotopic (exact) mass is 285 g/mol. The standard InChI is InChI=1S/C13H20BrNO/c1-9(7-10(2)16)15-11(3)12-5-4-6-13(14)8-12/h4-6,8-11,15-16H,7H2,1-3H3. The molecule has 2 N–H and O–H groups in total. The summed E-state index contributed by atoms with van der Waals surface area (Å²) < 4.78 is 1.10. The van der Waals surface area contributed by atoms with Crippen molar-refractivity contribution in [2.45, 2.75) is 45.4 Å². The lowest BCUT2D eigenvalue weighted by atomic mass is 10.1. The number of benzene rings is 1. The molecule has 0 saturated carbocycles. The van der Waals surface area contributed by atoms with Gasteiger partial charge < -0.3 is 10.4 Å². The van der Waals surface area contributed by atoms with Gasteiger partial charge >= 0.3 is 0 Å². The van der Waals surface area contributed by atoms with Crippen molar-refractivity contribution in [1.29, 1.82) is 0 Å². The van der Waals surface area contributed by atoms with Crippen molar-refractivity contribution in [2.75, 3.05) is 0 Å². The van der Waals surface area contributed by atoms with E-state index in [9.17, 15) is 5.11 Å². The van der Waals surface area contributed by atoms with Gasteiger partial charge in [-0.05, 0) is 44.9 Å². The number of rotatable bonds is 5. The molecule has 0 bridgehead atoms. The topological polar surface area (TPSA) is 32.3 Å². The molecule has 1 aromatic carbocycles. The van der Waals surface area contributed by atoms with Crippen LogP contribution in [0.2, 0.25) is 0 Å². The van der Waals surface area contributed by atoms with Crippen LogP contribution in [-0.4, -0.2) is 17.3 Å². The zero-order valence-corrected chi connectivity index (χ0v) is 11.7. The molecule has 0 heterocycles. The quantitative estimate of drug-likeness (QED) is 0.870. The van der Waals surface area contributed by atoms with Crippen LogP contribution in [0.5, 0.6) is 0 Å². The minimum Gasteiger partial charge on any atom is -0.393 e. The van der Waals surface area contributed by atoms with E-state index in [1.807, 2.05) is 19.1 Å². The molecule has 3 unspecified atom stereocenters. The number of nitrogens with one attached hydrogen (secondary N) is 1. The molecule has 0 aliphatic rings. The van der Waals surface area contributed by atoms with Crippen LogP contribution >= 0.6 is 15.9 Å². The van der Waals surface area contributed by atoms with Crippen LogP contribution in [-0.2, 0) is 0 Å². The van der Waals surface area contributed by atoms with Gasteiger partial charge in [-0.1, -0.05) is 28.1 Å². The number of hydrogen-bond donors (Lipinski definition) is 2. The molecule has 2 nitrogen and oxygen atoms in total. The Balaban J connectivity index is 2.55. The predicted octanol–water partition coefficient (Wildman–Crippen LogP) is 3.26. The molecule has 0 aliphatic carbocycles. The van der Waals surface area contributed by atoms with Crippen molar-refractivity contribution in [3.8, 4) is 0 Å². The lowest BCUT2D eigenvalue weighted by molar-refractivity contribution is 0.168. The largest absolute Gasteiger partial charge is 0.393 e. The summed E-state index contributed by atoms with van der Waals surface area (Å²) in [5.41, 5.74) is 1.26. The van der Waals surface area contributed by atoms with Gasteiger partial charge in [0.1, 0.15) is 0 Å². The van der Waals surface area contributed by atoms with Gasteiger partial charge in [0, 0.05) is 16.6 Å². The number of aliphatic hydroxyl groups excluding tert-OH is 1. The fourth-order valence-corrected chi connectivity index (χ4v) is 2.30. The number of aliphatic hydroxyl groups is 1. The molecule has 0 aromatic heterocycles. The Morgan fingerprint density at radius 3 is 2.56 bits per heavy atom. The van der Waals surface area contributed by atoms with Crippen LogP contribution in [0, 0.1) is 0 Å².